The van der Waals surface area contributed by atoms with E-state index in [0.29, 0.717) is 6.10 Å². The standard InChI is InChI=1S/C13H26N2O/c1-12-5-6-14-11-13(12)16-10-4-9-15-7-2-3-8-15/h12-14H,2-11H2,1H3. The van der Waals surface area contributed by atoms with Crippen molar-refractivity contribution in [2.24, 2.45) is 5.92 Å². The van der Waals surface area contributed by atoms with Crippen LogP contribution in [0.5, 0.6) is 0 Å². The summed E-state index contributed by atoms with van der Waals surface area (Å²) in [5, 5.41) is 3.41. The van der Waals surface area contributed by atoms with E-state index >= 15 is 0 Å². The minimum absolute atomic E-state index is 0.451. The average molecular weight is 226 g/mol. The quantitative estimate of drug-likeness (QED) is 0.719. The summed E-state index contributed by atoms with van der Waals surface area (Å²) in [6.07, 6.45) is 5.70. The van der Waals surface area contributed by atoms with Crippen LogP contribution in [0.4, 0.5) is 0 Å². The molecule has 0 spiro atoms. The molecule has 0 aromatic heterocycles. The van der Waals surface area contributed by atoms with E-state index in [9.17, 15) is 0 Å². The zero-order chi connectivity index (χ0) is 11.2. The van der Waals surface area contributed by atoms with Crippen molar-refractivity contribution < 1.29 is 4.74 Å². The molecular formula is C13H26N2O. The summed E-state index contributed by atoms with van der Waals surface area (Å²) >= 11 is 0. The first-order valence-corrected chi connectivity index (χ1v) is 6.91. The third kappa shape index (κ3) is 3.72. The molecule has 0 aliphatic carbocycles. The number of ether oxygens (including phenoxy) is 1. The smallest absolute Gasteiger partial charge is 0.0725 e. The van der Waals surface area contributed by atoms with Crippen molar-refractivity contribution >= 4 is 0 Å². The second-order valence-corrected chi connectivity index (χ2v) is 5.28. The van der Waals surface area contributed by atoms with Gasteiger partial charge in [0.05, 0.1) is 6.10 Å². The van der Waals surface area contributed by atoms with Gasteiger partial charge in [0.25, 0.3) is 0 Å². The molecule has 0 bridgehead atoms. The summed E-state index contributed by atoms with van der Waals surface area (Å²) in [5.74, 6) is 0.730. The molecule has 2 heterocycles. The number of hydrogen-bond donors (Lipinski definition) is 1. The third-order valence-corrected chi connectivity index (χ3v) is 3.91. The Morgan fingerprint density at radius 1 is 1.31 bits per heavy atom. The van der Waals surface area contributed by atoms with E-state index < -0.39 is 0 Å². The molecule has 0 amide bonds. The van der Waals surface area contributed by atoms with Crippen LogP contribution < -0.4 is 5.32 Å². The zero-order valence-corrected chi connectivity index (χ0v) is 10.6. The SMILES string of the molecule is CC1CCNCC1OCCCN1CCCC1. The number of piperidine rings is 1. The molecule has 0 aromatic carbocycles. The number of nitrogens with one attached hydrogen (secondary N) is 1. The third-order valence-electron chi connectivity index (χ3n) is 3.91. The van der Waals surface area contributed by atoms with Gasteiger partial charge in [-0.05, 0) is 51.2 Å². The van der Waals surface area contributed by atoms with Crippen LogP contribution >= 0.6 is 0 Å². The fourth-order valence-corrected chi connectivity index (χ4v) is 2.71. The fraction of sp³-hybridized carbons (Fsp3) is 1.00. The topological polar surface area (TPSA) is 24.5 Å². The lowest BCUT2D eigenvalue weighted by Gasteiger charge is -2.29. The highest BCUT2D eigenvalue weighted by Crippen LogP contribution is 2.15. The maximum atomic E-state index is 5.97. The first kappa shape index (κ1) is 12.3. The van der Waals surface area contributed by atoms with E-state index in [1.165, 1.54) is 45.3 Å². The summed E-state index contributed by atoms with van der Waals surface area (Å²) in [6.45, 7) is 9.30. The predicted molar refractivity (Wildman–Crippen MR) is 66.7 cm³/mol. The first-order valence-electron chi connectivity index (χ1n) is 6.91. The maximum absolute atomic E-state index is 5.97. The van der Waals surface area contributed by atoms with Crippen LogP contribution in [-0.4, -0.2) is 50.3 Å². The fourth-order valence-electron chi connectivity index (χ4n) is 2.71. The molecule has 0 aromatic rings. The van der Waals surface area contributed by atoms with Crippen LogP contribution in [0, 0.1) is 5.92 Å². The normalized spacial score (nSPS) is 32.1. The van der Waals surface area contributed by atoms with Gasteiger partial charge in [0.2, 0.25) is 0 Å². The average Bonchev–Trinajstić information content (AvgIpc) is 2.79. The van der Waals surface area contributed by atoms with Crippen molar-refractivity contribution in [3.05, 3.63) is 0 Å². The van der Waals surface area contributed by atoms with Gasteiger partial charge in [0.15, 0.2) is 0 Å². The van der Waals surface area contributed by atoms with Crippen molar-refractivity contribution in [2.45, 2.75) is 38.7 Å². The molecule has 3 heteroatoms. The highest BCUT2D eigenvalue weighted by Gasteiger charge is 2.21. The number of rotatable bonds is 5. The van der Waals surface area contributed by atoms with Gasteiger partial charge in [0, 0.05) is 19.7 Å². The zero-order valence-electron chi connectivity index (χ0n) is 10.6. The summed E-state index contributed by atoms with van der Waals surface area (Å²) in [7, 11) is 0. The number of hydrogen-bond acceptors (Lipinski definition) is 3. The van der Waals surface area contributed by atoms with Gasteiger partial charge < -0.3 is 15.0 Å². The van der Waals surface area contributed by atoms with Gasteiger partial charge in [-0.2, -0.15) is 0 Å². The molecule has 2 aliphatic heterocycles. The van der Waals surface area contributed by atoms with Gasteiger partial charge in [-0.3, -0.25) is 0 Å². The molecule has 2 aliphatic rings. The number of nitrogens with zero attached hydrogens (tertiary/aromatic N) is 1. The van der Waals surface area contributed by atoms with Gasteiger partial charge in [-0.15, -0.1) is 0 Å². The van der Waals surface area contributed by atoms with Crippen LogP contribution in [0.3, 0.4) is 0 Å². The molecule has 0 saturated carbocycles. The lowest BCUT2D eigenvalue weighted by Crippen LogP contribution is -2.41. The maximum Gasteiger partial charge on any atom is 0.0725 e. The summed E-state index contributed by atoms with van der Waals surface area (Å²) in [6, 6.07) is 0. The first-order chi connectivity index (χ1) is 7.86. The summed E-state index contributed by atoms with van der Waals surface area (Å²) in [5.41, 5.74) is 0. The van der Waals surface area contributed by atoms with Crippen molar-refractivity contribution in [3.8, 4) is 0 Å². The van der Waals surface area contributed by atoms with Crippen LogP contribution in [-0.2, 0) is 4.74 Å². The minimum Gasteiger partial charge on any atom is -0.377 e. The highest BCUT2D eigenvalue weighted by atomic mass is 16.5. The largest absolute Gasteiger partial charge is 0.377 e. The Morgan fingerprint density at radius 3 is 2.88 bits per heavy atom. The van der Waals surface area contributed by atoms with E-state index in [1.54, 1.807) is 0 Å². The van der Waals surface area contributed by atoms with Crippen molar-refractivity contribution in [1.29, 1.82) is 0 Å². The molecule has 2 atom stereocenters. The summed E-state index contributed by atoms with van der Waals surface area (Å²) < 4.78 is 5.97. The van der Waals surface area contributed by atoms with Crippen molar-refractivity contribution in [3.63, 3.8) is 0 Å². The lowest BCUT2D eigenvalue weighted by molar-refractivity contribution is 0.000858. The second-order valence-electron chi connectivity index (χ2n) is 5.28. The number of likely N-dealkylation sites (tertiary alicyclic amines) is 1. The molecule has 2 fully saturated rings. The Balaban J connectivity index is 1.53. The molecule has 3 nitrogen and oxygen atoms in total. The molecular weight excluding hydrogens is 200 g/mol. The Kier molecular flexibility index (Phi) is 5.07. The monoisotopic (exact) mass is 226 g/mol. The van der Waals surface area contributed by atoms with Crippen molar-refractivity contribution in [1.82, 2.24) is 10.2 Å². The molecule has 2 saturated heterocycles. The van der Waals surface area contributed by atoms with Gasteiger partial charge >= 0.3 is 0 Å². The molecule has 2 unspecified atom stereocenters. The Bertz CT molecular complexity index is 192. The molecule has 94 valence electrons. The van der Waals surface area contributed by atoms with Crippen LogP contribution in [0.2, 0.25) is 0 Å². The molecule has 0 radical (unpaired) electrons. The van der Waals surface area contributed by atoms with Gasteiger partial charge in [0.1, 0.15) is 0 Å². The van der Waals surface area contributed by atoms with E-state index in [-0.39, 0.29) is 0 Å². The molecule has 2 rings (SSSR count). The molecule has 1 N–H and O–H groups in total. The second kappa shape index (κ2) is 6.58. The van der Waals surface area contributed by atoms with E-state index in [4.69, 9.17) is 4.74 Å². The predicted octanol–water partition coefficient (Wildman–Crippen LogP) is 1.49. The van der Waals surface area contributed by atoms with E-state index in [2.05, 4.69) is 17.1 Å². The van der Waals surface area contributed by atoms with Crippen LogP contribution in [0.25, 0.3) is 0 Å². The van der Waals surface area contributed by atoms with E-state index in [0.717, 1.165) is 25.6 Å². The Morgan fingerprint density at radius 2 is 2.12 bits per heavy atom. The van der Waals surface area contributed by atoms with Gasteiger partial charge in [-0.25, -0.2) is 0 Å². The van der Waals surface area contributed by atoms with Crippen LogP contribution in [0.1, 0.15) is 32.6 Å². The Labute approximate surface area is 99.5 Å². The summed E-state index contributed by atoms with van der Waals surface area (Å²) in [4.78, 5) is 2.56. The lowest BCUT2D eigenvalue weighted by atomic mass is 9.97. The van der Waals surface area contributed by atoms with Crippen molar-refractivity contribution in [2.75, 3.05) is 39.3 Å². The minimum atomic E-state index is 0.451. The van der Waals surface area contributed by atoms with Crippen LogP contribution in [0.15, 0.2) is 0 Å². The molecule has 16 heavy (non-hydrogen) atoms. The van der Waals surface area contributed by atoms with Gasteiger partial charge in [-0.1, -0.05) is 6.92 Å². The van der Waals surface area contributed by atoms with E-state index in [1.807, 2.05) is 0 Å². The highest BCUT2D eigenvalue weighted by molar-refractivity contribution is 4.75. The Hall–Kier alpha value is -0.120.